The Labute approximate surface area is 125 Å². The van der Waals surface area contributed by atoms with Crippen LogP contribution in [0, 0.1) is 10.1 Å². The first-order valence-electron chi connectivity index (χ1n) is 6.06. The topological polar surface area (TPSA) is 89.3 Å². The maximum atomic E-state index is 11.9. The second-order valence-electron chi connectivity index (χ2n) is 4.42. The van der Waals surface area contributed by atoms with Gasteiger partial charge in [0.05, 0.1) is 6.42 Å². The Hall–Kier alpha value is -2.47. The SMILES string of the molecule is O=C(NC(=O)c1ccccc1)C1=CCC(Cl)([N+](=O)[O-])C=C1. The van der Waals surface area contributed by atoms with Gasteiger partial charge in [-0.05, 0) is 29.8 Å². The van der Waals surface area contributed by atoms with Crippen LogP contribution in [-0.4, -0.2) is 21.7 Å². The van der Waals surface area contributed by atoms with Gasteiger partial charge in [-0.2, -0.15) is 0 Å². The summed E-state index contributed by atoms with van der Waals surface area (Å²) in [6.45, 7) is 0. The van der Waals surface area contributed by atoms with Gasteiger partial charge in [0.1, 0.15) is 0 Å². The molecule has 0 saturated heterocycles. The van der Waals surface area contributed by atoms with E-state index in [9.17, 15) is 19.7 Å². The fourth-order valence-corrected chi connectivity index (χ4v) is 1.89. The molecule has 0 saturated carbocycles. The van der Waals surface area contributed by atoms with E-state index in [2.05, 4.69) is 5.32 Å². The van der Waals surface area contributed by atoms with E-state index >= 15 is 0 Å². The highest BCUT2D eigenvalue weighted by atomic mass is 35.5. The fraction of sp³-hybridized carbons (Fsp3) is 0.143. The molecule has 0 radical (unpaired) electrons. The zero-order valence-corrected chi connectivity index (χ0v) is 11.5. The van der Waals surface area contributed by atoms with Gasteiger partial charge in [0.2, 0.25) is 0 Å². The molecule has 0 spiro atoms. The first kappa shape index (κ1) is 14.9. The van der Waals surface area contributed by atoms with E-state index in [1.54, 1.807) is 30.3 Å². The first-order valence-corrected chi connectivity index (χ1v) is 6.44. The van der Waals surface area contributed by atoms with Crippen LogP contribution in [0.15, 0.2) is 54.1 Å². The molecule has 2 rings (SSSR count). The average molecular weight is 307 g/mol. The van der Waals surface area contributed by atoms with E-state index < -0.39 is 21.7 Å². The number of carbonyl (C=O) groups is 2. The third-order valence-electron chi connectivity index (χ3n) is 2.96. The minimum atomic E-state index is -1.73. The summed E-state index contributed by atoms with van der Waals surface area (Å²) in [4.78, 5) is 32.1. The van der Waals surface area contributed by atoms with Gasteiger partial charge in [0.25, 0.3) is 11.8 Å². The fourth-order valence-electron chi connectivity index (χ4n) is 1.75. The maximum absolute atomic E-state index is 11.9. The van der Waals surface area contributed by atoms with E-state index in [1.165, 1.54) is 12.2 Å². The molecule has 1 aliphatic rings. The van der Waals surface area contributed by atoms with Crippen LogP contribution in [0.4, 0.5) is 0 Å². The summed E-state index contributed by atoms with van der Waals surface area (Å²) in [6.07, 6.45) is 3.59. The molecular formula is C14H11ClN2O4. The molecular weight excluding hydrogens is 296 g/mol. The average Bonchev–Trinajstić information content (AvgIpc) is 2.48. The lowest BCUT2D eigenvalue weighted by Crippen LogP contribution is -2.34. The molecule has 1 aromatic rings. The highest BCUT2D eigenvalue weighted by Crippen LogP contribution is 2.28. The lowest BCUT2D eigenvalue weighted by molar-refractivity contribution is -0.527. The number of nitrogens with one attached hydrogen (secondary N) is 1. The predicted molar refractivity (Wildman–Crippen MR) is 76.3 cm³/mol. The number of amides is 2. The van der Waals surface area contributed by atoms with Crippen molar-refractivity contribution in [3.05, 3.63) is 69.8 Å². The van der Waals surface area contributed by atoms with Crippen LogP contribution in [0.2, 0.25) is 0 Å². The standard InChI is InChI=1S/C14H11ClN2O4/c15-14(17(20)21)8-6-11(7-9-14)13(19)16-12(18)10-4-2-1-3-5-10/h1-8H,9H2,(H,16,18,19). The van der Waals surface area contributed by atoms with Gasteiger partial charge in [0, 0.05) is 22.1 Å². The van der Waals surface area contributed by atoms with Gasteiger partial charge in [-0.15, -0.1) is 0 Å². The molecule has 7 heteroatoms. The first-order chi connectivity index (χ1) is 9.92. The van der Waals surface area contributed by atoms with Gasteiger partial charge in [-0.25, -0.2) is 0 Å². The number of carbonyl (C=O) groups excluding carboxylic acids is 2. The van der Waals surface area contributed by atoms with Crippen molar-refractivity contribution in [2.45, 2.75) is 11.4 Å². The van der Waals surface area contributed by atoms with Crippen molar-refractivity contribution in [1.29, 1.82) is 0 Å². The Morgan fingerprint density at radius 3 is 2.43 bits per heavy atom. The monoisotopic (exact) mass is 306 g/mol. The number of benzene rings is 1. The molecule has 1 aliphatic carbocycles. The van der Waals surface area contributed by atoms with Crippen LogP contribution in [-0.2, 0) is 4.79 Å². The number of nitro groups is 1. The molecule has 6 nitrogen and oxygen atoms in total. The van der Waals surface area contributed by atoms with Crippen LogP contribution in [0.5, 0.6) is 0 Å². The molecule has 21 heavy (non-hydrogen) atoms. The molecule has 108 valence electrons. The largest absolute Gasteiger partial charge is 0.317 e. The highest BCUT2D eigenvalue weighted by molar-refractivity contribution is 6.24. The van der Waals surface area contributed by atoms with Crippen molar-refractivity contribution in [1.82, 2.24) is 5.32 Å². The molecule has 1 atom stereocenters. The van der Waals surface area contributed by atoms with Crippen molar-refractivity contribution in [2.24, 2.45) is 0 Å². The molecule has 1 N–H and O–H groups in total. The van der Waals surface area contributed by atoms with Gasteiger partial charge >= 0.3 is 5.00 Å². The Kier molecular flexibility index (Phi) is 4.18. The van der Waals surface area contributed by atoms with Gasteiger partial charge in [-0.3, -0.25) is 25.0 Å². The molecule has 2 amide bonds. The third kappa shape index (κ3) is 3.35. The summed E-state index contributed by atoms with van der Waals surface area (Å²) in [5.74, 6) is -1.16. The Balaban J connectivity index is 2.03. The van der Waals surface area contributed by atoms with Crippen molar-refractivity contribution in [3.63, 3.8) is 0 Å². The summed E-state index contributed by atoms with van der Waals surface area (Å²) in [6, 6.07) is 8.26. The van der Waals surface area contributed by atoms with E-state index in [0.717, 1.165) is 6.08 Å². The normalized spacial score (nSPS) is 20.5. The molecule has 1 unspecified atom stereocenters. The maximum Gasteiger partial charge on any atom is 0.317 e. The quantitative estimate of drug-likeness (QED) is 0.304. The smallest absolute Gasteiger partial charge is 0.288 e. The Morgan fingerprint density at radius 1 is 1.24 bits per heavy atom. The number of alkyl halides is 1. The van der Waals surface area contributed by atoms with Crippen LogP contribution < -0.4 is 5.32 Å². The van der Waals surface area contributed by atoms with Gasteiger partial charge in [-0.1, -0.05) is 24.3 Å². The summed E-state index contributed by atoms with van der Waals surface area (Å²) in [5, 5.41) is 13.0. The number of imide groups is 1. The van der Waals surface area contributed by atoms with Gasteiger partial charge in [0.15, 0.2) is 0 Å². The number of halogens is 1. The highest BCUT2D eigenvalue weighted by Gasteiger charge is 2.38. The summed E-state index contributed by atoms with van der Waals surface area (Å²) in [7, 11) is 0. The molecule has 0 fully saturated rings. The van der Waals surface area contributed by atoms with Crippen LogP contribution in [0.25, 0.3) is 0 Å². The van der Waals surface area contributed by atoms with Crippen LogP contribution in [0.3, 0.4) is 0 Å². The van der Waals surface area contributed by atoms with Crippen molar-refractivity contribution < 1.29 is 14.5 Å². The van der Waals surface area contributed by atoms with E-state index in [0.29, 0.717) is 5.56 Å². The number of hydrogen-bond acceptors (Lipinski definition) is 4. The van der Waals surface area contributed by atoms with Crippen molar-refractivity contribution >= 4 is 23.4 Å². The molecule has 0 heterocycles. The molecule has 0 bridgehead atoms. The molecule has 1 aromatic carbocycles. The molecule has 0 aliphatic heterocycles. The predicted octanol–water partition coefficient (Wildman–Crippen LogP) is 2.04. The van der Waals surface area contributed by atoms with E-state index in [4.69, 9.17) is 11.6 Å². The second kappa shape index (κ2) is 5.88. The summed E-state index contributed by atoms with van der Waals surface area (Å²) >= 11 is 5.75. The van der Waals surface area contributed by atoms with Crippen LogP contribution >= 0.6 is 11.6 Å². The van der Waals surface area contributed by atoms with Crippen molar-refractivity contribution in [3.8, 4) is 0 Å². The number of rotatable bonds is 3. The number of nitrogens with zero attached hydrogens (tertiary/aromatic N) is 1. The molecule has 0 aromatic heterocycles. The Bertz CT molecular complexity index is 654. The van der Waals surface area contributed by atoms with E-state index in [1.807, 2.05) is 0 Å². The number of hydrogen-bond donors (Lipinski definition) is 1. The van der Waals surface area contributed by atoms with E-state index in [-0.39, 0.29) is 12.0 Å². The van der Waals surface area contributed by atoms with Crippen LogP contribution in [0.1, 0.15) is 16.8 Å². The Morgan fingerprint density at radius 2 is 1.90 bits per heavy atom. The van der Waals surface area contributed by atoms with Crippen molar-refractivity contribution in [2.75, 3.05) is 0 Å². The summed E-state index contributed by atoms with van der Waals surface area (Å²) < 4.78 is 0. The summed E-state index contributed by atoms with van der Waals surface area (Å²) in [5.41, 5.74) is 0.514. The minimum absolute atomic E-state index is 0.125. The minimum Gasteiger partial charge on any atom is -0.288 e. The lowest BCUT2D eigenvalue weighted by Gasteiger charge is -2.16. The van der Waals surface area contributed by atoms with Gasteiger partial charge < -0.3 is 0 Å². The second-order valence-corrected chi connectivity index (χ2v) is 5.08. The third-order valence-corrected chi connectivity index (χ3v) is 3.37. The zero-order chi connectivity index (χ0) is 15.5. The zero-order valence-electron chi connectivity index (χ0n) is 10.8. The lowest BCUT2D eigenvalue weighted by atomic mass is 10.0.